The Labute approximate surface area is 302 Å². The van der Waals surface area contributed by atoms with Gasteiger partial charge in [-0.25, -0.2) is 4.79 Å². The van der Waals surface area contributed by atoms with Crippen molar-refractivity contribution in [3.63, 3.8) is 0 Å². The van der Waals surface area contributed by atoms with Crippen LogP contribution in [0.15, 0.2) is 36.0 Å². The van der Waals surface area contributed by atoms with Crippen molar-refractivity contribution in [2.45, 2.75) is 178 Å². The van der Waals surface area contributed by atoms with Crippen molar-refractivity contribution in [3.05, 3.63) is 36.0 Å². The van der Waals surface area contributed by atoms with Gasteiger partial charge in [0.15, 0.2) is 0 Å². The summed E-state index contributed by atoms with van der Waals surface area (Å²) < 4.78 is 40.8. The largest absolute Gasteiger partial charge is 0.455 e. The van der Waals surface area contributed by atoms with Crippen LogP contribution in [0.4, 0.5) is 0 Å². The van der Waals surface area contributed by atoms with Crippen molar-refractivity contribution in [2.24, 2.45) is 0 Å². The van der Waals surface area contributed by atoms with Crippen LogP contribution in [0.25, 0.3) is 0 Å². The molecular formula is C41H66O9. The van der Waals surface area contributed by atoms with E-state index in [1.807, 2.05) is 31.2 Å². The van der Waals surface area contributed by atoms with Crippen LogP contribution in [0.3, 0.4) is 0 Å². The molecule has 9 nitrogen and oxygen atoms in total. The van der Waals surface area contributed by atoms with Crippen molar-refractivity contribution in [1.29, 1.82) is 0 Å². The van der Waals surface area contributed by atoms with Crippen LogP contribution in [-0.2, 0) is 38.0 Å². The molecule has 0 amide bonds. The Balaban J connectivity index is 1.36. The first-order chi connectivity index (χ1) is 24.4. The van der Waals surface area contributed by atoms with Crippen LogP contribution in [0, 0.1) is 11.8 Å². The summed E-state index contributed by atoms with van der Waals surface area (Å²) in [5.41, 5.74) is 0.757. The molecule has 0 bridgehead atoms. The van der Waals surface area contributed by atoms with Crippen LogP contribution < -0.4 is 0 Å². The molecule has 2 saturated heterocycles. The minimum Gasteiger partial charge on any atom is -0.455 e. The van der Waals surface area contributed by atoms with Crippen molar-refractivity contribution in [2.75, 3.05) is 27.8 Å². The van der Waals surface area contributed by atoms with Gasteiger partial charge < -0.3 is 38.3 Å². The maximum Gasteiger partial charge on any atom is 0.334 e. The molecule has 0 saturated carbocycles. The zero-order valence-electron chi connectivity index (χ0n) is 31.4. The van der Waals surface area contributed by atoms with Gasteiger partial charge in [0.05, 0.1) is 30.5 Å². The Morgan fingerprint density at radius 2 is 1.54 bits per heavy atom. The fourth-order valence-electron chi connectivity index (χ4n) is 6.95. The Morgan fingerprint density at radius 1 is 0.860 bits per heavy atom. The van der Waals surface area contributed by atoms with Gasteiger partial charge in [0.2, 0.25) is 0 Å². The number of aliphatic hydroxyl groups excluding tert-OH is 1. The third-order valence-corrected chi connectivity index (χ3v) is 9.68. The van der Waals surface area contributed by atoms with Crippen molar-refractivity contribution >= 4 is 5.97 Å². The number of hydrogen-bond acceptors (Lipinski definition) is 9. The summed E-state index contributed by atoms with van der Waals surface area (Å²) in [5.74, 6) is 5.61. The van der Waals surface area contributed by atoms with Crippen LogP contribution in [-0.4, -0.2) is 87.7 Å². The SMILES string of the molecule is CCCCCCCCCC[C@@H](OCOC)[C@H]1CC[C@H]([C@H]2CC[C@H]([C@@H](/C=C/CC[C@H](O)C#C/C=C/CCCC3=C[C@H](C)OC3=O)OCOC)O2)O1. The number of ether oxygens (including phenoxy) is 7. The molecule has 50 heavy (non-hydrogen) atoms. The predicted octanol–water partition coefficient (Wildman–Crippen LogP) is 7.89. The molecule has 3 aliphatic heterocycles. The van der Waals surface area contributed by atoms with E-state index >= 15 is 0 Å². The molecule has 0 aromatic heterocycles. The Bertz CT molecular complexity index is 1080. The number of rotatable bonds is 26. The first-order valence-electron chi connectivity index (χ1n) is 19.4. The highest BCUT2D eigenvalue weighted by Gasteiger charge is 2.41. The molecule has 0 spiro atoms. The molecule has 3 heterocycles. The number of hydrogen-bond donors (Lipinski definition) is 1. The maximum absolute atomic E-state index is 11.7. The zero-order valence-corrected chi connectivity index (χ0v) is 31.4. The summed E-state index contributed by atoms with van der Waals surface area (Å²) in [5, 5.41) is 10.3. The van der Waals surface area contributed by atoms with Gasteiger partial charge >= 0.3 is 5.97 Å². The first-order valence-corrected chi connectivity index (χ1v) is 19.4. The number of carbonyl (C=O) groups is 1. The third-order valence-electron chi connectivity index (χ3n) is 9.68. The molecule has 0 radical (unpaired) electrons. The van der Waals surface area contributed by atoms with E-state index in [0.717, 1.165) is 56.9 Å². The van der Waals surface area contributed by atoms with Crippen molar-refractivity contribution in [3.8, 4) is 11.8 Å². The smallest absolute Gasteiger partial charge is 0.334 e. The predicted molar refractivity (Wildman–Crippen MR) is 195 cm³/mol. The van der Waals surface area contributed by atoms with E-state index in [9.17, 15) is 9.90 Å². The first kappa shape index (κ1) is 42.4. The van der Waals surface area contributed by atoms with Crippen LogP contribution >= 0.6 is 0 Å². The quantitative estimate of drug-likeness (QED) is 0.0317. The lowest BCUT2D eigenvalue weighted by molar-refractivity contribution is -0.151. The van der Waals surface area contributed by atoms with E-state index in [2.05, 4.69) is 18.8 Å². The Kier molecular flexibility index (Phi) is 21.9. The molecule has 1 N–H and O–H groups in total. The molecule has 3 rings (SSSR count). The second-order valence-electron chi connectivity index (χ2n) is 13.9. The summed E-state index contributed by atoms with van der Waals surface area (Å²) in [6, 6.07) is 0. The number of carbonyl (C=O) groups excluding carboxylic acids is 1. The summed E-state index contributed by atoms with van der Waals surface area (Å²) in [7, 11) is 3.29. The number of methoxy groups -OCH3 is 2. The average molecular weight is 703 g/mol. The van der Waals surface area contributed by atoms with E-state index in [-0.39, 0.29) is 55.5 Å². The van der Waals surface area contributed by atoms with E-state index in [0.29, 0.717) is 26.1 Å². The molecule has 9 heteroatoms. The fraction of sp³-hybridized carbons (Fsp3) is 0.780. The van der Waals surface area contributed by atoms with E-state index in [4.69, 9.17) is 33.2 Å². The standard InChI is InChI=1S/C41H66O9/c1-5-6-7-8-9-10-14-17-23-35(46-30-44-3)37-25-27-39(49-37)40-28-26-38(50-40)36(47-31-45-4)24-19-18-22-34(42)21-16-13-11-12-15-20-33-29-32(2)48-41(33)43/h11,13,19,24,29,32,34-40,42H,5-10,12,14-15,17-18,20,22-23,25-28,30-31H2,1-4H3/b13-11+,24-19+/t32-,34+,35+,36+,37+,38+,39+,40+/m0/s1. The number of esters is 1. The Hall–Kier alpha value is -2.03. The van der Waals surface area contributed by atoms with Crippen LogP contribution in [0.2, 0.25) is 0 Å². The molecule has 0 unspecified atom stereocenters. The number of cyclic esters (lactones) is 1. The summed E-state index contributed by atoms with van der Waals surface area (Å²) in [6.07, 6.45) is 27.4. The molecule has 8 atom stereocenters. The van der Waals surface area contributed by atoms with Gasteiger partial charge in [-0.15, -0.1) is 0 Å². The highest BCUT2D eigenvalue weighted by molar-refractivity contribution is 5.90. The monoisotopic (exact) mass is 702 g/mol. The summed E-state index contributed by atoms with van der Waals surface area (Å²) in [4.78, 5) is 11.7. The number of unbranched alkanes of at least 4 members (excludes halogenated alkanes) is 8. The number of allylic oxidation sites excluding steroid dienone is 3. The zero-order chi connectivity index (χ0) is 35.8. The summed E-state index contributed by atoms with van der Waals surface area (Å²) in [6.45, 7) is 4.60. The summed E-state index contributed by atoms with van der Waals surface area (Å²) >= 11 is 0. The van der Waals surface area contributed by atoms with Gasteiger partial charge in [-0.2, -0.15) is 0 Å². The van der Waals surface area contributed by atoms with Crippen molar-refractivity contribution in [1.82, 2.24) is 0 Å². The molecule has 3 aliphatic rings. The maximum atomic E-state index is 11.7. The lowest BCUT2D eigenvalue weighted by atomic mass is 10.0. The molecule has 0 aliphatic carbocycles. The minimum atomic E-state index is -0.714. The minimum absolute atomic E-state index is 0.0309. The van der Waals surface area contributed by atoms with Crippen molar-refractivity contribution < 1.29 is 43.1 Å². The van der Waals surface area contributed by atoms with Gasteiger partial charge in [-0.05, 0) is 83.3 Å². The topological polar surface area (TPSA) is 102 Å². The highest BCUT2D eigenvalue weighted by Crippen LogP contribution is 2.35. The average Bonchev–Trinajstić information content (AvgIpc) is 3.87. The third kappa shape index (κ3) is 16.5. The fourth-order valence-corrected chi connectivity index (χ4v) is 6.95. The number of aliphatic hydroxyl groups is 1. The van der Waals surface area contributed by atoms with Gasteiger partial charge in [-0.3, -0.25) is 0 Å². The van der Waals surface area contributed by atoms with Crippen LogP contribution in [0.1, 0.15) is 129 Å². The normalized spacial score (nSPS) is 25.6. The molecular weight excluding hydrogens is 636 g/mol. The second kappa shape index (κ2) is 25.8. The van der Waals surface area contributed by atoms with Gasteiger partial charge in [0.25, 0.3) is 0 Å². The van der Waals surface area contributed by atoms with Gasteiger partial charge in [0, 0.05) is 19.8 Å². The Morgan fingerprint density at radius 3 is 2.24 bits per heavy atom. The molecule has 2 fully saturated rings. The van der Waals surface area contributed by atoms with E-state index < -0.39 is 6.10 Å². The molecule has 284 valence electrons. The second-order valence-corrected chi connectivity index (χ2v) is 13.9. The van der Waals surface area contributed by atoms with Gasteiger partial charge in [-0.1, -0.05) is 88.4 Å². The van der Waals surface area contributed by atoms with Gasteiger partial charge in [0.1, 0.15) is 31.9 Å². The lowest BCUT2D eigenvalue weighted by Gasteiger charge is -2.26. The molecule has 0 aromatic carbocycles. The van der Waals surface area contributed by atoms with E-state index in [1.54, 1.807) is 20.3 Å². The van der Waals surface area contributed by atoms with Crippen LogP contribution in [0.5, 0.6) is 0 Å². The van der Waals surface area contributed by atoms with E-state index in [1.165, 1.54) is 44.9 Å². The highest BCUT2D eigenvalue weighted by atomic mass is 16.7. The lowest BCUT2D eigenvalue weighted by Crippen LogP contribution is -2.34. The molecule has 0 aromatic rings.